The Balaban J connectivity index is 2.10. The van der Waals surface area contributed by atoms with Crippen LogP contribution in [0.3, 0.4) is 0 Å². The number of nitrogens with zero attached hydrogens (tertiary/aromatic N) is 2. The SMILES string of the molecule is CCc1ccccc1N(CC(=O)N(Cc1c(Cl)cccc1Cl)[C@H](C)C(=O)N[C@H](C)CC)S(=O)(=O)c1ccc(C)cc1. The Morgan fingerprint density at radius 3 is 2.10 bits per heavy atom. The summed E-state index contributed by atoms with van der Waals surface area (Å²) in [6.07, 6.45) is 1.26. The van der Waals surface area contributed by atoms with Crippen LogP contribution in [-0.2, 0) is 32.6 Å². The quantitative estimate of drug-likeness (QED) is 0.255. The first-order valence-corrected chi connectivity index (χ1v) is 15.8. The molecule has 0 radical (unpaired) electrons. The van der Waals surface area contributed by atoms with Crippen molar-refractivity contribution in [2.45, 2.75) is 71.0 Å². The zero-order chi connectivity index (χ0) is 30.3. The zero-order valence-electron chi connectivity index (χ0n) is 24.0. The van der Waals surface area contributed by atoms with E-state index in [4.69, 9.17) is 23.2 Å². The smallest absolute Gasteiger partial charge is 0.264 e. The predicted octanol–water partition coefficient (Wildman–Crippen LogP) is 6.39. The molecule has 0 fully saturated rings. The minimum absolute atomic E-state index is 0.0602. The highest BCUT2D eigenvalue weighted by molar-refractivity contribution is 7.92. The van der Waals surface area contributed by atoms with Crippen molar-refractivity contribution in [3.8, 4) is 0 Å². The maximum Gasteiger partial charge on any atom is 0.264 e. The van der Waals surface area contributed by atoms with Gasteiger partial charge in [-0.2, -0.15) is 0 Å². The van der Waals surface area contributed by atoms with E-state index >= 15 is 0 Å². The Labute approximate surface area is 253 Å². The molecule has 2 atom stereocenters. The minimum Gasteiger partial charge on any atom is -0.352 e. The van der Waals surface area contributed by atoms with E-state index in [0.717, 1.165) is 15.4 Å². The van der Waals surface area contributed by atoms with Gasteiger partial charge in [-0.15, -0.1) is 0 Å². The third-order valence-electron chi connectivity index (χ3n) is 7.09. The van der Waals surface area contributed by atoms with Gasteiger partial charge in [-0.1, -0.05) is 79.0 Å². The number of rotatable bonds is 12. The Morgan fingerprint density at radius 2 is 1.51 bits per heavy atom. The van der Waals surface area contributed by atoms with Gasteiger partial charge >= 0.3 is 0 Å². The van der Waals surface area contributed by atoms with Crippen LogP contribution in [0.2, 0.25) is 10.0 Å². The van der Waals surface area contributed by atoms with Crippen LogP contribution in [0.15, 0.2) is 71.6 Å². The van der Waals surface area contributed by atoms with Crippen molar-refractivity contribution < 1.29 is 18.0 Å². The standard InChI is InChI=1S/C31H37Cl2N3O4S/c1-6-22(4)34-31(38)23(5)35(19-26-27(32)12-10-13-28(26)33)30(37)20-36(29-14-9-8-11-24(29)7-2)41(39,40)25-17-15-21(3)16-18-25/h8-18,22-23H,6-7,19-20H2,1-5H3,(H,34,38)/t22-,23-/m1/s1. The summed E-state index contributed by atoms with van der Waals surface area (Å²) in [5.41, 5.74) is 2.54. The molecule has 3 rings (SSSR count). The number of sulfonamides is 1. The van der Waals surface area contributed by atoms with Crippen molar-refractivity contribution in [3.63, 3.8) is 0 Å². The maximum absolute atomic E-state index is 14.1. The second-order valence-electron chi connectivity index (χ2n) is 10.0. The molecule has 0 bridgehead atoms. The van der Waals surface area contributed by atoms with E-state index in [1.807, 2.05) is 39.8 Å². The monoisotopic (exact) mass is 617 g/mol. The molecule has 0 saturated carbocycles. The van der Waals surface area contributed by atoms with Gasteiger partial charge in [0, 0.05) is 28.2 Å². The summed E-state index contributed by atoms with van der Waals surface area (Å²) in [5, 5.41) is 3.59. The van der Waals surface area contributed by atoms with Crippen LogP contribution in [-0.4, -0.2) is 43.8 Å². The van der Waals surface area contributed by atoms with E-state index in [9.17, 15) is 18.0 Å². The molecule has 2 amide bonds. The zero-order valence-corrected chi connectivity index (χ0v) is 26.4. The predicted molar refractivity (Wildman–Crippen MR) is 166 cm³/mol. The highest BCUT2D eigenvalue weighted by atomic mass is 35.5. The number of benzene rings is 3. The summed E-state index contributed by atoms with van der Waals surface area (Å²) in [4.78, 5) is 28.8. The minimum atomic E-state index is -4.16. The van der Waals surface area contributed by atoms with Crippen molar-refractivity contribution >= 4 is 50.7 Å². The molecule has 10 heteroatoms. The Kier molecular flexibility index (Phi) is 11.2. The summed E-state index contributed by atoms with van der Waals surface area (Å²) in [5.74, 6) is -0.938. The second kappa shape index (κ2) is 14.2. The first kappa shape index (κ1) is 32.4. The molecule has 1 N–H and O–H groups in total. The van der Waals surface area contributed by atoms with Crippen molar-refractivity contribution in [1.82, 2.24) is 10.2 Å². The fraction of sp³-hybridized carbons (Fsp3) is 0.355. The lowest BCUT2D eigenvalue weighted by Crippen LogP contribution is -2.52. The third kappa shape index (κ3) is 7.82. The van der Waals surface area contributed by atoms with Crippen LogP contribution in [0.4, 0.5) is 5.69 Å². The van der Waals surface area contributed by atoms with E-state index in [2.05, 4.69) is 5.32 Å². The largest absolute Gasteiger partial charge is 0.352 e. The molecular weight excluding hydrogens is 581 g/mol. The molecule has 0 spiro atoms. The molecule has 0 saturated heterocycles. The molecule has 3 aromatic carbocycles. The van der Waals surface area contributed by atoms with Crippen LogP contribution >= 0.6 is 23.2 Å². The van der Waals surface area contributed by atoms with Crippen molar-refractivity contribution in [3.05, 3.63) is 93.5 Å². The fourth-order valence-corrected chi connectivity index (χ4v) is 6.27. The summed E-state index contributed by atoms with van der Waals surface area (Å²) in [6.45, 7) is 8.61. The van der Waals surface area contributed by atoms with Gasteiger partial charge in [-0.25, -0.2) is 8.42 Å². The highest BCUT2D eigenvalue weighted by Crippen LogP contribution is 2.30. The van der Waals surface area contributed by atoms with Crippen LogP contribution in [0, 0.1) is 6.92 Å². The van der Waals surface area contributed by atoms with Crippen LogP contribution in [0.25, 0.3) is 0 Å². The number of hydrogen-bond donors (Lipinski definition) is 1. The third-order valence-corrected chi connectivity index (χ3v) is 9.57. The molecule has 3 aromatic rings. The highest BCUT2D eigenvalue weighted by Gasteiger charge is 2.34. The topological polar surface area (TPSA) is 86.8 Å². The number of carbonyl (C=O) groups is 2. The van der Waals surface area contributed by atoms with Crippen LogP contribution in [0.5, 0.6) is 0 Å². The molecule has 0 heterocycles. The molecular formula is C31H37Cl2N3O4S. The maximum atomic E-state index is 14.1. The number of anilines is 1. The Hall–Kier alpha value is -3.07. The summed E-state index contributed by atoms with van der Waals surface area (Å²) in [7, 11) is -4.16. The lowest BCUT2D eigenvalue weighted by Gasteiger charge is -2.33. The average molecular weight is 619 g/mol. The first-order valence-electron chi connectivity index (χ1n) is 13.6. The van der Waals surface area contributed by atoms with Gasteiger partial charge < -0.3 is 10.2 Å². The molecule has 0 aliphatic rings. The van der Waals surface area contributed by atoms with Gasteiger partial charge in [0.2, 0.25) is 11.8 Å². The number of hydrogen-bond acceptors (Lipinski definition) is 4. The summed E-state index contributed by atoms with van der Waals surface area (Å²) < 4.78 is 29.2. The van der Waals surface area contributed by atoms with Gasteiger partial charge in [-0.3, -0.25) is 13.9 Å². The van der Waals surface area contributed by atoms with Crippen molar-refractivity contribution in [1.29, 1.82) is 0 Å². The van der Waals surface area contributed by atoms with E-state index < -0.39 is 28.5 Å². The van der Waals surface area contributed by atoms with Crippen molar-refractivity contribution in [2.75, 3.05) is 10.8 Å². The lowest BCUT2D eigenvalue weighted by atomic mass is 10.1. The number of amides is 2. The number of nitrogens with one attached hydrogen (secondary N) is 1. The summed E-state index contributed by atoms with van der Waals surface area (Å²) in [6, 6.07) is 17.5. The molecule has 0 aliphatic carbocycles. The Morgan fingerprint density at radius 1 is 0.902 bits per heavy atom. The number of para-hydroxylation sites is 1. The normalized spacial score (nSPS) is 12.9. The van der Waals surface area contributed by atoms with E-state index in [-0.39, 0.29) is 23.4 Å². The van der Waals surface area contributed by atoms with E-state index in [0.29, 0.717) is 34.1 Å². The molecule has 0 aromatic heterocycles. The van der Waals surface area contributed by atoms with Gasteiger partial charge in [0.05, 0.1) is 10.6 Å². The molecule has 7 nitrogen and oxygen atoms in total. The second-order valence-corrected chi connectivity index (χ2v) is 12.7. The van der Waals surface area contributed by atoms with Crippen LogP contribution in [0.1, 0.15) is 50.8 Å². The van der Waals surface area contributed by atoms with Crippen LogP contribution < -0.4 is 9.62 Å². The first-order chi connectivity index (χ1) is 19.4. The Bertz CT molecular complexity index is 1460. The number of carbonyl (C=O) groups excluding carboxylic acids is 2. The molecule has 0 unspecified atom stereocenters. The molecule has 0 aliphatic heterocycles. The average Bonchev–Trinajstić information content (AvgIpc) is 2.95. The van der Waals surface area contributed by atoms with Crippen molar-refractivity contribution in [2.24, 2.45) is 0 Å². The van der Waals surface area contributed by atoms with E-state index in [1.54, 1.807) is 49.4 Å². The lowest BCUT2D eigenvalue weighted by molar-refractivity contribution is -0.139. The van der Waals surface area contributed by atoms with Gasteiger partial charge in [0.15, 0.2) is 0 Å². The number of aryl methyl sites for hydroxylation is 2. The van der Waals surface area contributed by atoms with Gasteiger partial charge in [0.1, 0.15) is 12.6 Å². The molecule has 41 heavy (non-hydrogen) atoms. The van der Waals surface area contributed by atoms with E-state index in [1.165, 1.54) is 17.0 Å². The summed E-state index contributed by atoms with van der Waals surface area (Å²) >= 11 is 12.9. The fourth-order valence-electron chi connectivity index (χ4n) is 4.31. The van der Waals surface area contributed by atoms with Gasteiger partial charge in [-0.05, 0) is 69.5 Å². The molecule has 220 valence electrons. The van der Waals surface area contributed by atoms with Gasteiger partial charge in [0.25, 0.3) is 10.0 Å². The number of halogens is 2.